The molecule has 5 heteroatoms. The largest absolute Gasteiger partial charge is 0.496 e. The van der Waals surface area contributed by atoms with Gasteiger partial charge in [-0.1, -0.05) is 6.92 Å². The minimum atomic E-state index is -0.901. The molecule has 1 amide bonds. The molecular weight excluding hydrogens is 220 g/mol. The molecule has 0 aromatic heterocycles. The number of ether oxygens (including phenoxy) is 1. The van der Waals surface area contributed by atoms with Crippen molar-refractivity contribution >= 4 is 11.6 Å². The van der Waals surface area contributed by atoms with Gasteiger partial charge in [0.05, 0.1) is 13.7 Å². The van der Waals surface area contributed by atoms with E-state index < -0.39 is 11.9 Å². The summed E-state index contributed by atoms with van der Waals surface area (Å²) in [5, 5.41) is 11.4. The van der Waals surface area contributed by atoms with Gasteiger partial charge in [-0.05, 0) is 30.2 Å². The van der Waals surface area contributed by atoms with Crippen LogP contribution >= 0.6 is 0 Å². The minimum absolute atomic E-state index is 0.372. The molecule has 0 radical (unpaired) electrons. The van der Waals surface area contributed by atoms with E-state index in [1.807, 2.05) is 13.0 Å². The predicted octanol–water partition coefficient (Wildman–Crippen LogP) is 0.516. The van der Waals surface area contributed by atoms with Crippen molar-refractivity contribution in [3.05, 3.63) is 23.8 Å². The lowest BCUT2D eigenvalue weighted by Crippen LogP contribution is -2.38. The lowest BCUT2D eigenvalue weighted by atomic mass is 10.1. The molecule has 4 N–H and O–H groups in total. The predicted molar refractivity (Wildman–Crippen MR) is 66.1 cm³/mol. The first-order valence-corrected chi connectivity index (χ1v) is 5.46. The summed E-state index contributed by atoms with van der Waals surface area (Å²) >= 11 is 0. The monoisotopic (exact) mass is 238 g/mol. The summed E-state index contributed by atoms with van der Waals surface area (Å²) in [7, 11) is 1.61. The molecule has 0 fully saturated rings. The third-order valence-corrected chi connectivity index (χ3v) is 2.46. The third-order valence-electron chi connectivity index (χ3n) is 2.46. The van der Waals surface area contributed by atoms with E-state index in [-0.39, 0.29) is 6.61 Å². The number of methoxy groups -OCH3 is 1. The van der Waals surface area contributed by atoms with E-state index in [9.17, 15) is 4.79 Å². The van der Waals surface area contributed by atoms with Crippen molar-refractivity contribution < 1.29 is 14.6 Å². The SMILES string of the molecule is CCc1cc(NC(=O)C(N)CO)ccc1OC. The van der Waals surface area contributed by atoms with Crippen LogP contribution in [0.2, 0.25) is 0 Å². The molecule has 0 aliphatic heterocycles. The number of anilines is 1. The van der Waals surface area contributed by atoms with E-state index >= 15 is 0 Å². The molecule has 0 saturated carbocycles. The van der Waals surface area contributed by atoms with Crippen molar-refractivity contribution in [3.63, 3.8) is 0 Å². The zero-order valence-corrected chi connectivity index (χ0v) is 10.1. The van der Waals surface area contributed by atoms with Gasteiger partial charge in [-0.3, -0.25) is 4.79 Å². The van der Waals surface area contributed by atoms with Gasteiger partial charge in [0.2, 0.25) is 5.91 Å². The third kappa shape index (κ3) is 3.44. The van der Waals surface area contributed by atoms with Crippen LogP contribution in [0.4, 0.5) is 5.69 Å². The fraction of sp³-hybridized carbons (Fsp3) is 0.417. The van der Waals surface area contributed by atoms with Crippen molar-refractivity contribution in [2.75, 3.05) is 19.0 Å². The molecule has 0 bridgehead atoms. The summed E-state index contributed by atoms with van der Waals surface area (Å²) in [4.78, 5) is 11.5. The topological polar surface area (TPSA) is 84.6 Å². The van der Waals surface area contributed by atoms with E-state index in [2.05, 4.69) is 5.32 Å². The van der Waals surface area contributed by atoms with Crippen LogP contribution in [-0.2, 0) is 11.2 Å². The lowest BCUT2D eigenvalue weighted by molar-refractivity contribution is -0.118. The fourth-order valence-corrected chi connectivity index (χ4v) is 1.45. The molecule has 1 aromatic rings. The van der Waals surface area contributed by atoms with E-state index in [0.29, 0.717) is 5.69 Å². The Morgan fingerprint density at radius 1 is 1.59 bits per heavy atom. The molecule has 1 aromatic carbocycles. The number of rotatable bonds is 5. The molecule has 1 unspecified atom stereocenters. The molecule has 1 atom stereocenters. The van der Waals surface area contributed by atoms with Gasteiger partial charge in [-0.2, -0.15) is 0 Å². The standard InChI is InChI=1S/C12H18N2O3/c1-3-8-6-9(4-5-11(8)17-2)14-12(16)10(13)7-15/h4-6,10,15H,3,7,13H2,1-2H3,(H,14,16). The Morgan fingerprint density at radius 3 is 2.82 bits per heavy atom. The van der Waals surface area contributed by atoms with Crippen molar-refractivity contribution in [2.45, 2.75) is 19.4 Å². The number of aliphatic hydroxyl groups is 1. The Morgan fingerprint density at radius 2 is 2.29 bits per heavy atom. The molecule has 5 nitrogen and oxygen atoms in total. The van der Waals surface area contributed by atoms with E-state index in [1.54, 1.807) is 19.2 Å². The number of aliphatic hydroxyl groups excluding tert-OH is 1. The van der Waals surface area contributed by atoms with Gasteiger partial charge in [-0.25, -0.2) is 0 Å². The molecule has 0 aliphatic carbocycles. The first-order valence-electron chi connectivity index (χ1n) is 5.46. The molecule has 0 saturated heterocycles. The normalized spacial score (nSPS) is 12.0. The summed E-state index contributed by atoms with van der Waals surface area (Å²) in [6, 6.07) is 4.46. The van der Waals surface area contributed by atoms with Crippen LogP contribution in [0, 0.1) is 0 Å². The number of carbonyl (C=O) groups is 1. The maximum absolute atomic E-state index is 11.5. The van der Waals surface area contributed by atoms with Crippen LogP contribution in [0.5, 0.6) is 5.75 Å². The highest BCUT2D eigenvalue weighted by atomic mass is 16.5. The highest BCUT2D eigenvalue weighted by molar-refractivity contribution is 5.94. The maximum atomic E-state index is 11.5. The molecule has 94 valence electrons. The average molecular weight is 238 g/mol. The highest BCUT2D eigenvalue weighted by Crippen LogP contribution is 2.22. The smallest absolute Gasteiger partial charge is 0.243 e. The number of aryl methyl sites for hydroxylation is 1. The van der Waals surface area contributed by atoms with E-state index in [4.69, 9.17) is 15.6 Å². The maximum Gasteiger partial charge on any atom is 0.243 e. The van der Waals surface area contributed by atoms with Gasteiger partial charge in [0.25, 0.3) is 0 Å². The fourth-order valence-electron chi connectivity index (χ4n) is 1.45. The average Bonchev–Trinajstić information content (AvgIpc) is 2.37. The summed E-state index contributed by atoms with van der Waals surface area (Å²) in [5.41, 5.74) is 7.06. The highest BCUT2D eigenvalue weighted by Gasteiger charge is 2.12. The van der Waals surface area contributed by atoms with Crippen LogP contribution in [0.25, 0.3) is 0 Å². The van der Waals surface area contributed by atoms with Crippen LogP contribution in [0.1, 0.15) is 12.5 Å². The van der Waals surface area contributed by atoms with Crippen LogP contribution in [0.3, 0.4) is 0 Å². The molecular formula is C12H18N2O3. The zero-order valence-electron chi connectivity index (χ0n) is 10.1. The van der Waals surface area contributed by atoms with Crippen LogP contribution in [0.15, 0.2) is 18.2 Å². The number of carbonyl (C=O) groups excluding carboxylic acids is 1. The molecule has 0 heterocycles. The number of amides is 1. The van der Waals surface area contributed by atoms with Crippen molar-refractivity contribution in [3.8, 4) is 5.75 Å². The molecule has 0 spiro atoms. The second-order valence-corrected chi connectivity index (χ2v) is 3.66. The van der Waals surface area contributed by atoms with Gasteiger partial charge in [0, 0.05) is 5.69 Å². The molecule has 0 aliphatic rings. The summed E-state index contributed by atoms with van der Waals surface area (Å²) in [5.74, 6) is 0.386. The molecule has 1 rings (SSSR count). The Bertz CT molecular complexity index is 393. The second kappa shape index (κ2) is 6.22. The zero-order chi connectivity index (χ0) is 12.8. The second-order valence-electron chi connectivity index (χ2n) is 3.66. The summed E-state index contributed by atoms with van der Waals surface area (Å²) < 4.78 is 5.19. The van der Waals surface area contributed by atoms with Gasteiger partial charge in [-0.15, -0.1) is 0 Å². The van der Waals surface area contributed by atoms with E-state index in [0.717, 1.165) is 17.7 Å². The Balaban J connectivity index is 2.82. The number of nitrogens with two attached hydrogens (primary N) is 1. The number of benzene rings is 1. The van der Waals surface area contributed by atoms with Crippen LogP contribution < -0.4 is 15.8 Å². The van der Waals surface area contributed by atoms with Gasteiger partial charge in [0.1, 0.15) is 11.8 Å². The van der Waals surface area contributed by atoms with Gasteiger partial charge in [0.15, 0.2) is 0 Å². The van der Waals surface area contributed by atoms with E-state index in [1.165, 1.54) is 0 Å². The van der Waals surface area contributed by atoms with Crippen LogP contribution in [-0.4, -0.2) is 30.8 Å². The molecule has 17 heavy (non-hydrogen) atoms. The summed E-state index contributed by atoms with van der Waals surface area (Å²) in [6.45, 7) is 1.63. The number of hydrogen-bond donors (Lipinski definition) is 3. The lowest BCUT2D eigenvalue weighted by Gasteiger charge is -2.12. The minimum Gasteiger partial charge on any atom is -0.496 e. The number of hydrogen-bond acceptors (Lipinski definition) is 4. The van der Waals surface area contributed by atoms with Gasteiger partial charge < -0.3 is 20.9 Å². The Kier molecular flexibility index (Phi) is 4.93. The van der Waals surface area contributed by atoms with Crippen molar-refractivity contribution in [2.24, 2.45) is 5.73 Å². The Hall–Kier alpha value is -1.59. The first-order chi connectivity index (χ1) is 8.12. The van der Waals surface area contributed by atoms with Crippen molar-refractivity contribution in [1.82, 2.24) is 0 Å². The first kappa shape index (κ1) is 13.5. The van der Waals surface area contributed by atoms with Gasteiger partial charge >= 0.3 is 0 Å². The number of nitrogens with one attached hydrogen (secondary N) is 1. The summed E-state index contributed by atoms with van der Waals surface area (Å²) in [6.07, 6.45) is 0.805. The quantitative estimate of drug-likeness (QED) is 0.698. The van der Waals surface area contributed by atoms with Crippen molar-refractivity contribution in [1.29, 1.82) is 0 Å². The Labute approximate surface area is 101 Å².